The van der Waals surface area contributed by atoms with E-state index in [1.165, 1.54) is 11.8 Å². The van der Waals surface area contributed by atoms with Crippen LogP contribution >= 0.6 is 23.4 Å². The zero-order valence-corrected chi connectivity index (χ0v) is 15.7. The molecule has 1 aliphatic heterocycles. The molecule has 0 saturated carbocycles. The van der Waals surface area contributed by atoms with Gasteiger partial charge in [-0.3, -0.25) is 4.79 Å². The Labute approximate surface area is 161 Å². The van der Waals surface area contributed by atoms with Gasteiger partial charge in [0.1, 0.15) is 5.75 Å². The summed E-state index contributed by atoms with van der Waals surface area (Å²) in [5, 5.41) is 13.8. The van der Waals surface area contributed by atoms with Crippen molar-refractivity contribution in [2.24, 2.45) is 0 Å². The van der Waals surface area contributed by atoms with Gasteiger partial charge >= 0.3 is 0 Å². The van der Waals surface area contributed by atoms with Crippen LogP contribution < -0.4 is 10.1 Å². The van der Waals surface area contributed by atoms with Gasteiger partial charge in [-0.1, -0.05) is 41.9 Å². The molecule has 6 heteroatoms. The molecule has 0 spiro atoms. The Kier molecular flexibility index (Phi) is 5.87. The highest BCUT2D eigenvalue weighted by atomic mass is 35.5. The van der Waals surface area contributed by atoms with Crippen LogP contribution in [0, 0.1) is 11.3 Å². The number of hydrogen-bond acceptors (Lipinski definition) is 4. The number of nitriles is 1. The Balaban J connectivity index is 1.88. The quantitative estimate of drug-likeness (QED) is 0.816. The second kappa shape index (κ2) is 8.31. The number of methoxy groups -OCH3 is 1. The zero-order chi connectivity index (χ0) is 18.5. The fourth-order valence-corrected chi connectivity index (χ4v) is 4.18. The lowest BCUT2D eigenvalue weighted by atomic mass is 9.87. The number of thioether (sulfide) groups is 1. The third-order valence-electron chi connectivity index (χ3n) is 4.20. The van der Waals surface area contributed by atoms with E-state index in [1.807, 2.05) is 48.5 Å². The predicted molar refractivity (Wildman–Crippen MR) is 104 cm³/mol. The van der Waals surface area contributed by atoms with Gasteiger partial charge in [-0.05, 0) is 29.3 Å². The van der Waals surface area contributed by atoms with Crippen molar-refractivity contribution < 1.29 is 9.53 Å². The van der Waals surface area contributed by atoms with Gasteiger partial charge in [-0.15, -0.1) is 11.8 Å². The largest absolute Gasteiger partial charge is 0.497 e. The van der Waals surface area contributed by atoms with Crippen molar-refractivity contribution in [2.75, 3.05) is 7.11 Å². The van der Waals surface area contributed by atoms with E-state index < -0.39 is 0 Å². The standard InChI is InChI=1S/C20H17ClN2O2S/c1-25-15-8-6-13(7-9-15)16-10-19(24)23-20(17(16)11-22)26-12-14-4-2-3-5-18(14)21/h2-9,16H,10,12H2,1H3,(H,23,24)/t16-/m0/s1. The van der Waals surface area contributed by atoms with Crippen LogP contribution in [0.3, 0.4) is 0 Å². The van der Waals surface area contributed by atoms with Gasteiger partial charge in [-0.25, -0.2) is 0 Å². The van der Waals surface area contributed by atoms with Crippen LogP contribution in [0.1, 0.15) is 23.5 Å². The maximum Gasteiger partial charge on any atom is 0.225 e. The van der Waals surface area contributed by atoms with E-state index in [4.69, 9.17) is 16.3 Å². The lowest BCUT2D eigenvalue weighted by molar-refractivity contribution is -0.120. The monoisotopic (exact) mass is 384 g/mol. The average molecular weight is 385 g/mol. The van der Waals surface area contributed by atoms with Crippen LogP contribution in [-0.4, -0.2) is 13.0 Å². The highest BCUT2D eigenvalue weighted by molar-refractivity contribution is 8.02. The number of nitrogens with zero attached hydrogens (tertiary/aromatic N) is 1. The Morgan fingerprint density at radius 3 is 2.65 bits per heavy atom. The Morgan fingerprint density at radius 2 is 2.00 bits per heavy atom. The minimum absolute atomic E-state index is 0.0912. The highest BCUT2D eigenvalue weighted by Gasteiger charge is 2.29. The van der Waals surface area contributed by atoms with Gasteiger partial charge in [0.05, 0.1) is 23.8 Å². The lowest BCUT2D eigenvalue weighted by Crippen LogP contribution is -2.30. The summed E-state index contributed by atoms with van der Waals surface area (Å²) < 4.78 is 5.18. The molecule has 0 radical (unpaired) electrons. The van der Waals surface area contributed by atoms with Crippen molar-refractivity contribution in [1.29, 1.82) is 5.26 Å². The fraction of sp³-hybridized carbons (Fsp3) is 0.200. The van der Waals surface area contributed by atoms with E-state index in [9.17, 15) is 10.1 Å². The SMILES string of the molecule is COc1ccc([C@@H]2CC(=O)NC(SCc3ccccc3Cl)=C2C#N)cc1. The molecule has 0 saturated heterocycles. The summed E-state index contributed by atoms with van der Waals surface area (Å²) in [5.41, 5.74) is 2.46. The summed E-state index contributed by atoms with van der Waals surface area (Å²) in [7, 11) is 1.60. The third-order valence-corrected chi connectivity index (χ3v) is 5.64. The molecule has 1 heterocycles. The fourth-order valence-electron chi connectivity index (χ4n) is 2.82. The summed E-state index contributed by atoms with van der Waals surface area (Å²) in [5.74, 6) is 0.972. The molecule has 2 aromatic rings. The summed E-state index contributed by atoms with van der Waals surface area (Å²) in [4.78, 5) is 12.2. The summed E-state index contributed by atoms with van der Waals surface area (Å²) in [6, 6.07) is 17.3. The maximum atomic E-state index is 12.2. The van der Waals surface area contributed by atoms with Crippen molar-refractivity contribution in [3.05, 3.63) is 75.3 Å². The molecule has 1 atom stereocenters. The van der Waals surface area contributed by atoms with E-state index in [1.54, 1.807) is 7.11 Å². The molecule has 1 amide bonds. The number of amides is 1. The number of nitrogens with one attached hydrogen (secondary N) is 1. The number of rotatable bonds is 5. The highest BCUT2D eigenvalue weighted by Crippen LogP contribution is 2.37. The number of benzene rings is 2. The summed E-state index contributed by atoms with van der Waals surface area (Å²) in [6.45, 7) is 0. The topological polar surface area (TPSA) is 62.1 Å². The van der Waals surface area contributed by atoms with Crippen molar-refractivity contribution in [2.45, 2.75) is 18.1 Å². The molecule has 0 bridgehead atoms. The minimum atomic E-state index is -0.256. The lowest BCUT2D eigenvalue weighted by Gasteiger charge is -2.25. The third kappa shape index (κ3) is 4.04. The molecule has 1 N–H and O–H groups in total. The minimum Gasteiger partial charge on any atom is -0.497 e. The maximum absolute atomic E-state index is 12.2. The molecule has 132 valence electrons. The molecular formula is C20H17ClN2O2S. The van der Waals surface area contributed by atoms with Crippen LogP contribution in [-0.2, 0) is 10.5 Å². The number of halogens is 1. The van der Waals surface area contributed by atoms with Gasteiger partial charge in [0.2, 0.25) is 5.91 Å². The first-order chi connectivity index (χ1) is 12.6. The number of hydrogen-bond donors (Lipinski definition) is 1. The average Bonchev–Trinajstić information content (AvgIpc) is 2.67. The smallest absolute Gasteiger partial charge is 0.225 e. The van der Waals surface area contributed by atoms with Crippen LogP contribution in [0.2, 0.25) is 5.02 Å². The molecule has 2 aromatic carbocycles. The Hall–Kier alpha value is -2.42. The predicted octanol–water partition coefficient (Wildman–Crippen LogP) is 4.62. The van der Waals surface area contributed by atoms with Crippen molar-refractivity contribution >= 4 is 29.3 Å². The molecule has 3 rings (SSSR count). The molecule has 1 aliphatic rings. The number of ether oxygens (including phenoxy) is 1. The number of allylic oxidation sites excluding steroid dienone is 1. The second-order valence-corrected chi connectivity index (χ2v) is 7.21. The first-order valence-corrected chi connectivity index (χ1v) is 9.43. The first kappa shape index (κ1) is 18.4. The molecule has 0 unspecified atom stereocenters. The number of carbonyl (C=O) groups excluding carboxylic acids is 1. The number of carbonyl (C=O) groups is 1. The van der Waals surface area contributed by atoms with E-state index in [2.05, 4.69) is 11.4 Å². The van der Waals surface area contributed by atoms with E-state index in [0.717, 1.165) is 16.9 Å². The van der Waals surface area contributed by atoms with Crippen LogP contribution in [0.5, 0.6) is 5.75 Å². The van der Waals surface area contributed by atoms with Crippen LogP contribution in [0.4, 0.5) is 0 Å². The summed E-state index contributed by atoms with van der Waals surface area (Å²) in [6.07, 6.45) is 0.255. The molecule has 0 fully saturated rings. The van der Waals surface area contributed by atoms with E-state index in [0.29, 0.717) is 21.4 Å². The van der Waals surface area contributed by atoms with E-state index in [-0.39, 0.29) is 18.2 Å². The van der Waals surface area contributed by atoms with Crippen LogP contribution in [0.15, 0.2) is 59.1 Å². The van der Waals surface area contributed by atoms with Gasteiger partial charge < -0.3 is 10.1 Å². The van der Waals surface area contributed by atoms with Gasteiger partial charge in [0.25, 0.3) is 0 Å². The molecule has 4 nitrogen and oxygen atoms in total. The van der Waals surface area contributed by atoms with Gasteiger partial charge in [-0.2, -0.15) is 5.26 Å². The van der Waals surface area contributed by atoms with Crippen molar-refractivity contribution in [3.8, 4) is 11.8 Å². The van der Waals surface area contributed by atoms with Crippen LogP contribution in [0.25, 0.3) is 0 Å². The van der Waals surface area contributed by atoms with Crippen molar-refractivity contribution in [1.82, 2.24) is 5.32 Å². The Morgan fingerprint density at radius 1 is 1.27 bits per heavy atom. The summed E-state index contributed by atoms with van der Waals surface area (Å²) >= 11 is 7.62. The second-order valence-electron chi connectivity index (χ2n) is 5.81. The molecule has 0 aromatic heterocycles. The van der Waals surface area contributed by atoms with Gasteiger partial charge in [0.15, 0.2) is 0 Å². The van der Waals surface area contributed by atoms with Crippen molar-refractivity contribution in [3.63, 3.8) is 0 Å². The van der Waals surface area contributed by atoms with Gasteiger partial charge in [0, 0.05) is 23.1 Å². The molecule has 26 heavy (non-hydrogen) atoms. The zero-order valence-electron chi connectivity index (χ0n) is 14.2. The Bertz CT molecular complexity index is 887. The normalized spacial score (nSPS) is 16.8. The first-order valence-electron chi connectivity index (χ1n) is 8.06. The molecular weight excluding hydrogens is 368 g/mol. The molecule has 0 aliphatic carbocycles. The van der Waals surface area contributed by atoms with E-state index >= 15 is 0 Å².